The SMILES string of the molecule is CC(C)(C)c1ccc(O)c(NC(=O)c2ccc3c(c2)OCO3)c1. The molecule has 5 nitrogen and oxygen atoms in total. The first kappa shape index (κ1) is 15.2. The quantitative estimate of drug-likeness (QED) is 0.830. The molecule has 0 fully saturated rings. The molecule has 0 radical (unpaired) electrons. The standard InChI is InChI=1S/C18H19NO4/c1-18(2,3)12-5-6-14(20)13(9-12)19-17(21)11-4-7-15-16(8-11)23-10-22-15/h4-9,20H,10H2,1-3H3,(H,19,21). The number of nitrogens with one attached hydrogen (secondary N) is 1. The molecular weight excluding hydrogens is 294 g/mol. The van der Waals surface area contributed by atoms with Crippen LogP contribution in [0.4, 0.5) is 5.69 Å². The highest BCUT2D eigenvalue weighted by molar-refractivity contribution is 6.05. The van der Waals surface area contributed by atoms with Crippen molar-refractivity contribution in [2.45, 2.75) is 26.2 Å². The zero-order valence-electron chi connectivity index (χ0n) is 13.3. The number of amides is 1. The van der Waals surface area contributed by atoms with E-state index >= 15 is 0 Å². The largest absolute Gasteiger partial charge is 0.506 e. The fourth-order valence-electron chi connectivity index (χ4n) is 2.33. The summed E-state index contributed by atoms with van der Waals surface area (Å²) in [5.41, 5.74) is 1.78. The molecule has 3 rings (SSSR count). The summed E-state index contributed by atoms with van der Waals surface area (Å²) in [4.78, 5) is 12.4. The molecular formula is C18H19NO4. The summed E-state index contributed by atoms with van der Waals surface area (Å²) < 4.78 is 10.5. The third kappa shape index (κ3) is 3.08. The van der Waals surface area contributed by atoms with Gasteiger partial charge in [0.25, 0.3) is 5.91 Å². The number of fused-ring (bicyclic) bond motifs is 1. The first-order valence-corrected chi connectivity index (χ1v) is 7.39. The van der Waals surface area contributed by atoms with E-state index in [0.29, 0.717) is 22.7 Å². The Hall–Kier alpha value is -2.69. The fraction of sp³-hybridized carbons (Fsp3) is 0.278. The number of phenols is 1. The van der Waals surface area contributed by atoms with Gasteiger partial charge in [0.15, 0.2) is 11.5 Å². The van der Waals surface area contributed by atoms with Gasteiger partial charge in [-0.05, 0) is 41.3 Å². The Kier molecular flexibility index (Phi) is 3.64. The fourth-order valence-corrected chi connectivity index (χ4v) is 2.33. The van der Waals surface area contributed by atoms with E-state index in [-0.39, 0.29) is 23.9 Å². The predicted octanol–water partition coefficient (Wildman–Crippen LogP) is 3.67. The lowest BCUT2D eigenvalue weighted by Crippen LogP contribution is -2.15. The van der Waals surface area contributed by atoms with Crippen molar-refractivity contribution in [3.05, 3.63) is 47.5 Å². The molecule has 0 saturated heterocycles. The van der Waals surface area contributed by atoms with Crippen LogP contribution in [0.2, 0.25) is 0 Å². The molecule has 23 heavy (non-hydrogen) atoms. The molecule has 0 atom stereocenters. The van der Waals surface area contributed by atoms with Crippen molar-refractivity contribution in [1.82, 2.24) is 0 Å². The third-order valence-corrected chi connectivity index (χ3v) is 3.75. The maximum atomic E-state index is 12.4. The monoisotopic (exact) mass is 313 g/mol. The summed E-state index contributed by atoms with van der Waals surface area (Å²) in [6.45, 7) is 6.38. The number of hydrogen-bond donors (Lipinski definition) is 2. The van der Waals surface area contributed by atoms with Gasteiger partial charge in [-0.3, -0.25) is 4.79 Å². The zero-order chi connectivity index (χ0) is 16.6. The highest BCUT2D eigenvalue weighted by Crippen LogP contribution is 2.34. The first-order valence-electron chi connectivity index (χ1n) is 7.39. The van der Waals surface area contributed by atoms with Crippen molar-refractivity contribution in [1.29, 1.82) is 0 Å². The lowest BCUT2D eigenvalue weighted by Gasteiger charge is -2.20. The van der Waals surface area contributed by atoms with Crippen molar-refractivity contribution in [2.75, 3.05) is 12.1 Å². The molecule has 2 aromatic carbocycles. The van der Waals surface area contributed by atoms with E-state index < -0.39 is 0 Å². The normalized spacial score (nSPS) is 13.0. The smallest absolute Gasteiger partial charge is 0.255 e. The topological polar surface area (TPSA) is 67.8 Å². The minimum absolute atomic E-state index is 0.0343. The number of phenolic OH excluding ortho intramolecular Hbond substituents is 1. The van der Waals surface area contributed by atoms with Gasteiger partial charge >= 0.3 is 0 Å². The number of hydrogen-bond acceptors (Lipinski definition) is 4. The Labute approximate surface area is 134 Å². The molecule has 2 N–H and O–H groups in total. The van der Waals surface area contributed by atoms with Crippen LogP contribution < -0.4 is 14.8 Å². The van der Waals surface area contributed by atoms with Crippen LogP contribution >= 0.6 is 0 Å². The molecule has 1 amide bonds. The third-order valence-electron chi connectivity index (χ3n) is 3.75. The van der Waals surface area contributed by atoms with E-state index in [9.17, 15) is 9.90 Å². The van der Waals surface area contributed by atoms with E-state index in [4.69, 9.17) is 9.47 Å². The Morgan fingerprint density at radius 3 is 2.57 bits per heavy atom. The van der Waals surface area contributed by atoms with Crippen LogP contribution in [0.1, 0.15) is 36.7 Å². The highest BCUT2D eigenvalue weighted by Gasteiger charge is 2.19. The molecule has 0 aromatic heterocycles. The maximum absolute atomic E-state index is 12.4. The molecule has 0 bridgehead atoms. The molecule has 0 spiro atoms. The minimum Gasteiger partial charge on any atom is -0.506 e. The van der Waals surface area contributed by atoms with Gasteiger partial charge in [0.1, 0.15) is 5.75 Å². The van der Waals surface area contributed by atoms with Gasteiger partial charge in [0.2, 0.25) is 6.79 Å². The summed E-state index contributed by atoms with van der Waals surface area (Å²) in [6, 6.07) is 10.2. The van der Waals surface area contributed by atoms with Crippen LogP contribution in [0.25, 0.3) is 0 Å². The van der Waals surface area contributed by atoms with Crippen LogP contribution in [-0.4, -0.2) is 17.8 Å². The van der Waals surface area contributed by atoms with Gasteiger partial charge in [0, 0.05) is 5.56 Å². The lowest BCUT2D eigenvalue weighted by molar-refractivity contribution is 0.102. The average molecular weight is 313 g/mol. The molecule has 0 aliphatic carbocycles. The Morgan fingerprint density at radius 2 is 1.83 bits per heavy atom. The maximum Gasteiger partial charge on any atom is 0.255 e. The van der Waals surface area contributed by atoms with E-state index in [1.54, 1.807) is 30.3 Å². The molecule has 1 aliphatic rings. The number of anilines is 1. The Bertz CT molecular complexity index is 762. The van der Waals surface area contributed by atoms with Gasteiger partial charge in [-0.1, -0.05) is 26.8 Å². The zero-order valence-corrected chi connectivity index (χ0v) is 13.3. The van der Waals surface area contributed by atoms with Gasteiger partial charge in [0.05, 0.1) is 5.69 Å². The van der Waals surface area contributed by atoms with Gasteiger partial charge in [-0.25, -0.2) is 0 Å². The van der Waals surface area contributed by atoms with Crippen molar-refractivity contribution < 1.29 is 19.4 Å². The van der Waals surface area contributed by atoms with Gasteiger partial charge in [-0.15, -0.1) is 0 Å². The van der Waals surface area contributed by atoms with Crippen molar-refractivity contribution in [2.24, 2.45) is 0 Å². The highest BCUT2D eigenvalue weighted by atomic mass is 16.7. The second-order valence-corrected chi connectivity index (χ2v) is 6.50. The van der Waals surface area contributed by atoms with Gasteiger partial charge in [-0.2, -0.15) is 0 Å². The first-order chi connectivity index (χ1) is 10.8. The van der Waals surface area contributed by atoms with Crippen LogP contribution in [-0.2, 0) is 5.41 Å². The molecule has 5 heteroatoms. The summed E-state index contributed by atoms with van der Waals surface area (Å²) in [5.74, 6) is 0.890. The molecule has 2 aromatic rings. The van der Waals surface area contributed by atoms with Crippen molar-refractivity contribution in [3.63, 3.8) is 0 Å². The number of aromatic hydroxyl groups is 1. The summed E-state index contributed by atoms with van der Waals surface area (Å²) in [7, 11) is 0. The lowest BCUT2D eigenvalue weighted by atomic mass is 9.87. The number of rotatable bonds is 2. The van der Waals surface area contributed by atoms with Gasteiger partial charge < -0.3 is 19.9 Å². The van der Waals surface area contributed by atoms with Crippen LogP contribution in [0.15, 0.2) is 36.4 Å². The van der Waals surface area contributed by atoms with E-state index in [1.165, 1.54) is 0 Å². The van der Waals surface area contributed by atoms with Crippen molar-refractivity contribution >= 4 is 11.6 Å². The van der Waals surface area contributed by atoms with Crippen LogP contribution in [0.5, 0.6) is 17.2 Å². The van der Waals surface area contributed by atoms with E-state index in [2.05, 4.69) is 26.1 Å². The second-order valence-electron chi connectivity index (χ2n) is 6.50. The summed E-state index contributed by atoms with van der Waals surface area (Å²) in [5, 5.41) is 12.7. The number of carbonyl (C=O) groups excluding carboxylic acids is 1. The number of carbonyl (C=O) groups is 1. The predicted molar refractivity (Wildman–Crippen MR) is 87.3 cm³/mol. The van der Waals surface area contributed by atoms with E-state index in [1.807, 2.05) is 6.07 Å². The van der Waals surface area contributed by atoms with E-state index in [0.717, 1.165) is 5.56 Å². The van der Waals surface area contributed by atoms with Crippen LogP contribution in [0, 0.1) is 0 Å². The number of benzene rings is 2. The molecule has 1 aliphatic heterocycles. The minimum atomic E-state index is -0.315. The summed E-state index contributed by atoms with van der Waals surface area (Å²) >= 11 is 0. The molecule has 120 valence electrons. The van der Waals surface area contributed by atoms with Crippen LogP contribution in [0.3, 0.4) is 0 Å². The molecule has 0 saturated carbocycles. The Balaban J connectivity index is 1.85. The molecule has 0 unspecified atom stereocenters. The Morgan fingerprint density at radius 1 is 1.09 bits per heavy atom. The van der Waals surface area contributed by atoms with Crippen molar-refractivity contribution in [3.8, 4) is 17.2 Å². The molecule has 1 heterocycles. The number of ether oxygens (including phenoxy) is 2. The average Bonchev–Trinajstić information content (AvgIpc) is 2.95. The summed E-state index contributed by atoms with van der Waals surface area (Å²) in [6.07, 6.45) is 0. The second kappa shape index (κ2) is 5.50.